The molecule has 0 aliphatic rings. The average Bonchev–Trinajstić information content (AvgIpc) is 2.78. The second-order valence-electron chi connectivity index (χ2n) is 6.45. The Morgan fingerprint density at radius 2 is 1.97 bits per heavy atom. The molecular formula is C22H21FN4O4. The summed E-state index contributed by atoms with van der Waals surface area (Å²) in [5.41, 5.74) is 3.03. The number of benzene rings is 2. The largest absolute Gasteiger partial charge is 0.493 e. The monoisotopic (exact) mass is 424 g/mol. The number of aromatic amines is 1. The fourth-order valence-electron chi connectivity index (χ4n) is 2.67. The molecule has 160 valence electrons. The van der Waals surface area contributed by atoms with E-state index in [1.807, 2.05) is 6.92 Å². The SMILES string of the molecule is CCCOc1ccc(/C=N/NC(=O)c2cc(-c3ccc(F)cc3)nc(=O)[nH]2)cc1OC. The smallest absolute Gasteiger partial charge is 0.346 e. The fraction of sp³-hybridized carbons (Fsp3) is 0.182. The van der Waals surface area contributed by atoms with Crippen LogP contribution in [-0.4, -0.2) is 35.8 Å². The van der Waals surface area contributed by atoms with Gasteiger partial charge in [0.05, 0.1) is 25.6 Å². The summed E-state index contributed by atoms with van der Waals surface area (Å²) in [6.07, 6.45) is 2.31. The van der Waals surface area contributed by atoms with E-state index >= 15 is 0 Å². The Morgan fingerprint density at radius 3 is 2.68 bits per heavy atom. The van der Waals surface area contributed by atoms with E-state index in [-0.39, 0.29) is 11.4 Å². The highest BCUT2D eigenvalue weighted by molar-refractivity contribution is 5.94. The fourth-order valence-corrected chi connectivity index (χ4v) is 2.67. The van der Waals surface area contributed by atoms with E-state index in [1.165, 1.54) is 43.7 Å². The third kappa shape index (κ3) is 5.75. The van der Waals surface area contributed by atoms with Crippen molar-refractivity contribution in [3.05, 3.63) is 76.1 Å². The Morgan fingerprint density at radius 1 is 1.19 bits per heavy atom. The lowest BCUT2D eigenvalue weighted by molar-refractivity contribution is 0.0949. The number of ether oxygens (including phenoxy) is 2. The molecule has 0 aliphatic carbocycles. The maximum atomic E-state index is 13.1. The van der Waals surface area contributed by atoms with Crippen molar-refractivity contribution in [2.45, 2.75) is 13.3 Å². The van der Waals surface area contributed by atoms with Gasteiger partial charge in [0, 0.05) is 5.56 Å². The number of halogens is 1. The number of carbonyl (C=O) groups excluding carboxylic acids is 1. The molecule has 0 bridgehead atoms. The highest BCUT2D eigenvalue weighted by Crippen LogP contribution is 2.27. The molecule has 0 atom stereocenters. The van der Waals surface area contributed by atoms with E-state index in [2.05, 4.69) is 20.5 Å². The average molecular weight is 424 g/mol. The zero-order chi connectivity index (χ0) is 22.2. The van der Waals surface area contributed by atoms with E-state index < -0.39 is 17.4 Å². The molecular weight excluding hydrogens is 403 g/mol. The third-order valence-electron chi connectivity index (χ3n) is 4.16. The van der Waals surface area contributed by atoms with Gasteiger partial charge in [-0.3, -0.25) is 4.79 Å². The molecule has 0 fully saturated rings. The molecule has 0 saturated carbocycles. The van der Waals surface area contributed by atoms with Gasteiger partial charge in [-0.1, -0.05) is 6.92 Å². The third-order valence-corrected chi connectivity index (χ3v) is 4.16. The van der Waals surface area contributed by atoms with Crippen molar-refractivity contribution < 1.29 is 18.7 Å². The predicted molar refractivity (Wildman–Crippen MR) is 114 cm³/mol. The van der Waals surface area contributed by atoms with Crippen LogP contribution in [0.15, 0.2) is 58.4 Å². The van der Waals surface area contributed by atoms with Gasteiger partial charge < -0.3 is 14.5 Å². The molecule has 9 heteroatoms. The van der Waals surface area contributed by atoms with E-state index in [9.17, 15) is 14.0 Å². The molecule has 2 aromatic carbocycles. The summed E-state index contributed by atoms with van der Waals surface area (Å²) in [5.74, 6) is 0.121. The lowest BCUT2D eigenvalue weighted by Crippen LogP contribution is -2.24. The molecule has 8 nitrogen and oxygen atoms in total. The molecule has 31 heavy (non-hydrogen) atoms. The summed E-state index contributed by atoms with van der Waals surface area (Å²) in [6.45, 7) is 2.58. The Labute approximate surface area is 177 Å². The van der Waals surface area contributed by atoms with Crippen LogP contribution in [0.5, 0.6) is 11.5 Å². The Balaban J connectivity index is 1.72. The first-order valence-corrected chi connectivity index (χ1v) is 9.51. The highest BCUT2D eigenvalue weighted by atomic mass is 19.1. The Bertz CT molecular complexity index is 1140. The highest BCUT2D eigenvalue weighted by Gasteiger charge is 2.10. The topological polar surface area (TPSA) is 106 Å². The number of methoxy groups -OCH3 is 1. The van der Waals surface area contributed by atoms with Crippen molar-refractivity contribution in [2.75, 3.05) is 13.7 Å². The van der Waals surface area contributed by atoms with Gasteiger partial charge in [0.15, 0.2) is 11.5 Å². The maximum Gasteiger partial charge on any atom is 0.346 e. The summed E-state index contributed by atoms with van der Waals surface area (Å²) in [5, 5.41) is 3.92. The van der Waals surface area contributed by atoms with Crippen LogP contribution in [0, 0.1) is 5.82 Å². The van der Waals surface area contributed by atoms with Crippen molar-refractivity contribution in [1.82, 2.24) is 15.4 Å². The van der Waals surface area contributed by atoms with Crippen molar-refractivity contribution in [3.63, 3.8) is 0 Å². The van der Waals surface area contributed by atoms with Crippen LogP contribution < -0.4 is 20.6 Å². The summed E-state index contributed by atoms with van der Waals surface area (Å²) >= 11 is 0. The number of carbonyl (C=O) groups is 1. The zero-order valence-electron chi connectivity index (χ0n) is 17.0. The molecule has 1 amide bonds. The van der Waals surface area contributed by atoms with Crippen molar-refractivity contribution in [3.8, 4) is 22.8 Å². The molecule has 0 unspecified atom stereocenters. The van der Waals surface area contributed by atoms with Gasteiger partial charge in [0.25, 0.3) is 5.91 Å². The second kappa shape index (κ2) is 10.1. The minimum Gasteiger partial charge on any atom is -0.493 e. The summed E-state index contributed by atoms with van der Waals surface area (Å²) in [6, 6.07) is 12.1. The first kappa shape index (κ1) is 21.7. The van der Waals surface area contributed by atoms with Gasteiger partial charge in [-0.05, 0) is 60.5 Å². The number of H-pyrrole nitrogens is 1. The van der Waals surface area contributed by atoms with Gasteiger partial charge in [0.2, 0.25) is 0 Å². The van der Waals surface area contributed by atoms with Crippen LogP contribution in [0.4, 0.5) is 4.39 Å². The van der Waals surface area contributed by atoms with E-state index in [0.717, 1.165) is 6.42 Å². The molecule has 1 aromatic heterocycles. The molecule has 0 spiro atoms. The Kier molecular flexibility index (Phi) is 7.10. The number of aromatic nitrogens is 2. The summed E-state index contributed by atoms with van der Waals surface area (Å²) in [7, 11) is 1.54. The van der Waals surface area contributed by atoms with Crippen LogP contribution in [0.2, 0.25) is 0 Å². The quantitative estimate of drug-likeness (QED) is 0.427. The zero-order valence-corrected chi connectivity index (χ0v) is 17.0. The number of nitrogens with zero attached hydrogens (tertiary/aromatic N) is 2. The van der Waals surface area contributed by atoms with Gasteiger partial charge in [-0.15, -0.1) is 0 Å². The number of hydrazone groups is 1. The van der Waals surface area contributed by atoms with E-state index in [4.69, 9.17) is 9.47 Å². The molecule has 0 radical (unpaired) electrons. The first-order chi connectivity index (χ1) is 15.0. The van der Waals surface area contributed by atoms with Crippen LogP contribution in [0.25, 0.3) is 11.3 Å². The normalized spacial score (nSPS) is 10.8. The van der Waals surface area contributed by atoms with Crippen molar-refractivity contribution in [1.29, 1.82) is 0 Å². The van der Waals surface area contributed by atoms with Crippen molar-refractivity contribution in [2.24, 2.45) is 5.10 Å². The maximum absolute atomic E-state index is 13.1. The second-order valence-corrected chi connectivity index (χ2v) is 6.45. The van der Waals surface area contributed by atoms with Gasteiger partial charge >= 0.3 is 5.69 Å². The van der Waals surface area contributed by atoms with Crippen LogP contribution >= 0.6 is 0 Å². The first-order valence-electron chi connectivity index (χ1n) is 9.51. The number of nitrogens with one attached hydrogen (secondary N) is 2. The Hall–Kier alpha value is -4.01. The van der Waals surface area contributed by atoms with E-state index in [0.29, 0.717) is 29.2 Å². The minimum atomic E-state index is -0.705. The number of hydrogen-bond donors (Lipinski definition) is 2. The molecule has 0 saturated heterocycles. The lowest BCUT2D eigenvalue weighted by Gasteiger charge is -2.10. The van der Waals surface area contributed by atoms with Crippen LogP contribution in [0.1, 0.15) is 29.4 Å². The summed E-state index contributed by atoms with van der Waals surface area (Å²) < 4.78 is 24.0. The van der Waals surface area contributed by atoms with Crippen LogP contribution in [0.3, 0.4) is 0 Å². The minimum absolute atomic E-state index is 0.0302. The standard InChI is InChI=1S/C22H21FN4O4/c1-3-10-31-19-9-4-14(11-20(19)30-2)13-24-27-21(28)18-12-17(25-22(29)26-18)15-5-7-16(23)8-6-15/h4-9,11-13H,3,10H2,1-2H3,(H,27,28)(H,25,26,29)/b24-13+. The van der Waals surface area contributed by atoms with Crippen LogP contribution in [-0.2, 0) is 0 Å². The number of hydrogen-bond acceptors (Lipinski definition) is 6. The molecule has 3 aromatic rings. The molecule has 0 aliphatic heterocycles. The van der Waals surface area contributed by atoms with Gasteiger partial charge in [0.1, 0.15) is 11.5 Å². The molecule has 2 N–H and O–H groups in total. The molecule has 3 rings (SSSR count). The van der Waals surface area contributed by atoms with E-state index in [1.54, 1.807) is 18.2 Å². The van der Waals surface area contributed by atoms with Crippen molar-refractivity contribution >= 4 is 12.1 Å². The predicted octanol–water partition coefficient (Wildman–Crippen LogP) is 3.14. The number of rotatable bonds is 8. The summed E-state index contributed by atoms with van der Waals surface area (Å²) in [4.78, 5) is 30.4. The molecule has 1 heterocycles. The van der Waals surface area contributed by atoms with Gasteiger partial charge in [-0.25, -0.2) is 14.6 Å². The lowest BCUT2D eigenvalue weighted by atomic mass is 10.1. The van der Waals surface area contributed by atoms with Gasteiger partial charge in [-0.2, -0.15) is 10.1 Å². The number of amides is 1.